The molecule has 0 spiro atoms. The van der Waals surface area contributed by atoms with Gasteiger partial charge in [0, 0.05) is 0 Å². The summed E-state index contributed by atoms with van der Waals surface area (Å²) in [4.78, 5) is 11.1. The van der Waals surface area contributed by atoms with Crippen molar-refractivity contribution in [3.05, 3.63) is 35.4 Å². The molecule has 1 aromatic rings. The quantitative estimate of drug-likeness (QED) is 0.765. The molecule has 0 fully saturated rings. The number of aryl methyl sites for hydroxylation is 1. The summed E-state index contributed by atoms with van der Waals surface area (Å²) in [6.07, 6.45) is 0. The Bertz CT molecular complexity index is 349. The first-order valence-electron chi connectivity index (χ1n) is 4.50. The van der Waals surface area contributed by atoms with E-state index in [4.69, 9.17) is 5.11 Å². The van der Waals surface area contributed by atoms with Crippen LogP contribution in [0.25, 0.3) is 0 Å². The fourth-order valence-electron chi connectivity index (χ4n) is 1.33. The number of carboxylic acid groups (broad SMARTS) is 1. The maximum atomic E-state index is 11.1. The Kier molecular flexibility index (Phi) is 2.91. The average molecular weight is 193 g/mol. The standard InChI is InChI=1S/C11H15NO2/c1-8-5-4-6-9(7-8)11(2,12-3)10(13)14/h4-7,12H,1-3H3,(H,13,14). The minimum absolute atomic E-state index is 0.771. The van der Waals surface area contributed by atoms with Crippen LogP contribution in [-0.2, 0) is 10.3 Å². The van der Waals surface area contributed by atoms with Gasteiger partial charge in [-0.05, 0) is 26.5 Å². The lowest BCUT2D eigenvalue weighted by atomic mass is 9.91. The van der Waals surface area contributed by atoms with Gasteiger partial charge in [-0.2, -0.15) is 0 Å². The molecule has 0 aliphatic rings. The summed E-state index contributed by atoms with van der Waals surface area (Å²) in [5.74, 6) is -0.870. The zero-order chi connectivity index (χ0) is 10.8. The highest BCUT2D eigenvalue weighted by atomic mass is 16.4. The number of aliphatic carboxylic acids is 1. The Morgan fingerprint density at radius 1 is 1.50 bits per heavy atom. The van der Waals surface area contributed by atoms with Crippen molar-refractivity contribution >= 4 is 5.97 Å². The summed E-state index contributed by atoms with van der Waals surface area (Å²) in [5.41, 5.74) is 0.823. The highest BCUT2D eigenvalue weighted by Gasteiger charge is 2.33. The van der Waals surface area contributed by atoms with Gasteiger partial charge in [0.15, 0.2) is 0 Å². The van der Waals surface area contributed by atoms with Gasteiger partial charge in [0.2, 0.25) is 0 Å². The van der Waals surface area contributed by atoms with Crippen molar-refractivity contribution < 1.29 is 9.90 Å². The van der Waals surface area contributed by atoms with Crippen molar-refractivity contribution in [2.45, 2.75) is 19.4 Å². The molecule has 14 heavy (non-hydrogen) atoms. The number of carboxylic acids is 1. The molecule has 3 heteroatoms. The molecule has 0 amide bonds. The molecule has 1 aromatic carbocycles. The summed E-state index contributed by atoms with van der Waals surface area (Å²) >= 11 is 0. The summed E-state index contributed by atoms with van der Waals surface area (Å²) in [5, 5.41) is 11.9. The van der Waals surface area contributed by atoms with E-state index in [-0.39, 0.29) is 0 Å². The number of carbonyl (C=O) groups is 1. The van der Waals surface area contributed by atoms with E-state index < -0.39 is 11.5 Å². The molecule has 0 bridgehead atoms. The van der Waals surface area contributed by atoms with Crippen LogP contribution in [0.15, 0.2) is 24.3 Å². The number of benzene rings is 1. The van der Waals surface area contributed by atoms with E-state index in [1.807, 2.05) is 31.2 Å². The lowest BCUT2D eigenvalue weighted by Gasteiger charge is -2.24. The molecular formula is C11H15NO2. The average Bonchev–Trinajstić information content (AvgIpc) is 2.16. The molecule has 0 saturated heterocycles. The lowest BCUT2D eigenvalue weighted by Crippen LogP contribution is -2.44. The van der Waals surface area contributed by atoms with Crippen molar-refractivity contribution in [3.63, 3.8) is 0 Å². The van der Waals surface area contributed by atoms with E-state index in [9.17, 15) is 4.79 Å². The molecule has 0 heterocycles. The van der Waals surface area contributed by atoms with E-state index in [2.05, 4.69) is 5.32 Å². The SMILES string of the molecule is CNC(C)(C(=O)O)c1cccc(C)c1. The summed E-state index contributed by atoms with van der Waals surface area (Å²) in [6.45, 7) is 3.60. The van der Waals surface area contributed by atoms with Crippen molar-refractivity contribution in [3.8, 4) is 0 Å². The van der Waals surface area contributed by atoms with Crippen LogP contribution in [0.2, 0.25) is 0 Å². The van der Waals surface area contributed by atoms with E-state index >= 15 is 0 Å². The smallest absolute Gasteiger partial charge is 0.328 e. The highest BCUT2D eigenvalue weighted by molar-refractivity contribution is 5.80. The number of nitrogens with one attached hydrogen (secondary N) is 1. The fraction of sp³-hybridized carbons (Fsp3) is 0.364. The molecule has 1 unspecified atom stereocenters. The molecule has 0 aliphatic heterocycles. The Morgan fingerprint density at radius 2 is 2.14 bits per heavy atom. The van der Waals surface area contributed by atoms with E-state index in [1.54, 1.807) is 14.0 Å². The first-order chi connectivity index (χ1) is 6.50. The van der Waals surface area contributed by atoms with Crippen LogP contribution in [0.4, 0.5) is 0 Å². The Balaban J connectivity index is 3.19. The second kappa shape index (κ2) is 3.80. The second-order valence-electron chi connectivity index (χ2n) is 3.55. The van der Waals surface area contributed by atoms with Gasteiger partial charge >= 0.3 is 5.97 Å². The zero-order valence-corrected chi connectivity index (χ0v) is 8.66. The van der Waals surface area contributed by atoms with Crippen LogP contribution < -0.4 is 5.32 Å². The summed E-state index contributed by atoms with van der Waals surface area (Å²) < 4.78 is 0. The number of hydrogen-bond donors (Lipinski definition) is 2. The molecule has 2 N–H and O–H groups in total. The molecular weight excluding hydrogens is 178 g/mol. The lowest BCUT2D eigenvalue weighted by molar-refractivity contribution is -0.144. The summed E-state index contributed by atoms with van der Waals surface area (Å²) in [6, 6.07) is 7.51. The molecule has 3 nitrogen and oxygen atoms in total. The van der Waals surface area contributed by atoms with Crippen LogP contribution in [0.3, 0.4) is 0 Å². The monoisotopic (exact) mass is 193 g/mol. The van der Waals surface area contributed by atoms with Gasteiger partial charge in [0.05, 0.1) is 0 Å². The minimum atomic E-state index is -1.01. The van der Waals surface area contributed by atoms with E-state index in [0.717, 1.165) is 11.1 Å². The first kappa shape index (κ1) is 10.7. The van der Waals surface area contributed by atoms with Crippen LogP contribution in [-0.4, -0.2) is 18.1 Å². The van der Waals surface area contributed by atoms with Gasteiger partial charge in [-0.1, -0.05) is 29.8 Å². The van der Waals surface area contributed by atoms with Crippen molar-refractivity contribution in [1.82, 2.24) is 5.32 Å². The second-order valence-corrected chi connectivity index (χ2v) is 3.55. The van der Waals surface area contributed by atoms with Crippen molar-refractivity contribution in [1.29, 1.82) is 0 Å². The van der Waals surface area contributed by atoms with Crippen LogP contribution in [0.1, 0.15) is 18.1 Å². The van der Waals surface area contributed by atoms with E-state index in [0.29, 0.717) is 0 Å². The Labute approximate surface area is 83.8 Å². The number of hydrogen-bond acceptors (Lipinski definition) is 2. The van der Waals surface area contributed by atoms with Crippen molar-refractivity contribution in [2.24, 2.45) is 0 Å². The largest absolute Gasteiger partial charge is 0.480 e. The fourth-order valence-corrected chi connectivity index (χ4v) is 1.33. The molecule has 76 valence electrons. The van der Waals surface area contributed by atoms with Crippen molar-refractivity contribution in [2.75, 3.05) is 7.05 Å². The van der Waals surface area contributed by atoms with Gasteiger partial charge in [0.25, 0.3) is 0 Å². The van der Waals surface area contributed by atoms with Crippen LogP contribution >= 0.6 is 0 Å². The van der Waals surface area contributed by atoms with Gasteiger partial charge < -0.3 is 10.4 Å². The third kappa shape index (κ3) is 1.77. The van der Waals surface area contributed by atoms with Gasteiger partial charge in [-0.15, -0.1) is 0 Å². The zero-order valence-electron chi connectivity index (χ0n) is 8.66. The van der Waals surface area contributed by atoms with Gasteiger partial charge in [0.1, 0.15) is 5.54 Å². The predicted octanol–water partition coefficient (Wildman–Crippen LogP) is 1.51. The third-order valence-corrected chi connectivity index (χ3v) is 2.52. The van der Waals surface area contributed by atoms with E-state index in [1.165, 1.54) is 0 Å². The van der Waals surface area contributed by atoms with Crippen LogP contribution in [0.5, 0.6) is 0 Å². The normalized spacial score (nSPS) is 14.8. The van der Waals surface area contributed by atoms with Crippen LogP contribution in [0, 0.1) is 6.92 Å². The molecule has 0 aromatic heterocycles. The van der Waals surface area contributed by atoms with Gasteiger partial charge in [-0.3, -0.25) is 0 Å². The first-order valence-corrected chi connectivity index (χ1v) is 4.50. The summed E-state index contributed by atoms with van der Waals surface area (Å²) in [7, 11) is 1.65. The molecule has 0 saturated carbocycles. The molecule has 0 aliphatic carbocycles. The highest BCUT2D eigenvalue weighted by Crippen LogP contribution is 2.21. The minimum Gasteiger partial charge on any atom is -0.480 e. The number of likely N-dealkylation sites (N-methyl/N-ethyl adjacent to an activating group) is 1. The Morgan fingerprint density at radius 3 is 2.57 bits per heavy atom. The number of rotatable bonds is 3. The topological polar surface area (TPSA) is 49.3 Å². The Hall–Kier alpha value is -1.35. The molecule has 1 atom stereocenters. The maximum absolute atomic E-state index is 11.1. The van der Waals surface area contributed by atoms with Gasteiger partial charge in [-0.25, -0.2) is 4.79 Å². The maximum Gasteiger partial charge on any atom is 0.328 e. The third-order valence-electron chi connectivity index (χ3n) is 2.52. The predicted molar refractivity (Wildman–Crippen MR) is 55.2 cm³/mol. The molecule has 0 radical (unpaired) electrons. The molecule has 1 rings (SSSR count).